The lowest BCUT2D eigenvalue weighted by molar-refractivity contribution is -0.131. The standard InChI is InChI=1S/C13H19NO/c1-12(2)10-6-7-13(12,3)11(15)9(10)5-4-8-14/h9-10H,4-7H2,1-3H3/t9-,10+,13-/m0/s1. The van der Waals surface area contributed by atoms with Crippen LogP contribution in [0.25, 0.3) is 0 Å². The molecule has 2 aliphatic rings. The van der Waals surface area contributed by atoms with E-state index in [-0.39, 0.29) is 16.7 Å². The molecule has 0 heterocycles. The topological polar surface area (TPSA) is 40.9 Å². The van der Waals surface area contributed by atoms with E-state index in [0.29, 0.717) is 18.1 Å². The van der Waals surface area contributed by atoms with Crippen molar-refractivity contribution in [1.82, 2.24) is 0 Å². The molecule has 0 saturated heterocycles. The monoisotopic (exact) mass is 205 g/mol. The molecule has 0 aromatic heterocycles. The maximum Gasteiger partial charge on any atom is 0.142 e. The van der Waals surface area contributed by atoms with E-state index in [2.05, 4.69) is 26.8 Å². The van der Waals surface area contributed by atoms with Gasteiger partial charge in [0.05, 0.1) is 6.07 Å². The first-order chi connectivity index (χ1) is 6.95. The van der Waals surface area contributed by atoms with E-state index < -0.39 is 0 Å². The van der Waals surface area contributed by atoms with Crippen molar-refractivity contribution in [2.24, 2.45) is 22.7 Å². The molecule has 2 rings (SSSR count). The second-order valence-corrected chi connectivity index (χ2v) is 5.87. The molecule has 0 radical (unpaired) electrons. The number of hydrogen-bond donors (Lipinski definition) is 0. The Labute approximate surface area is 91.7 Å². The minimum Gasteiger partial charge on any atom is -0.299 e. The van der Waals surface area contributed by atoms with Crippen LogP contribution in [0, 0.1) is 34.0 Å². The molecule has 2 nitrogen and oxygen atoms in total. The maximum atomic E-state index is 12.3. The van der Waals surface area contributed by atoms with E-state index in [0.717, 1.165) is 12.8 Å². The summed E-state index contributed by atoms with van der Waals surface area (Å²) >= 11 is 0. The van der Waals surface area contributed by atoms with Gasteiger partial charge >= 0.3 is 0 Å². The average Bonchev–Trinajstić information content (AvgIpc) is 2.48. The molecule has 82 valence electrons. The van der Waals surface area contributed by atoms with Crippen molar-refractivity contribution in [3.63, 3.8) is 0 Å². The summed E-state index contributed by atoms with van der Waals surface area (Å²) in [6.45, 7) is 6.59. The second kappa shape index (κ2) is 3.07. The van der Waals surface area contributed by atoms with Crippen molar-refractivity contribution in [3.05, 3.63) is 0 Å². The van der Waals surface area contributed by atoms with Gasteiger partial charge in [0.25, 0.3) is 0 Å². The number of ketones is 1. The van der Waals surface area contributed by atoms with Crippen LogP contribution in [0.15, 0.2) is 0 Å². The highest BCUT2D eigenvalue weighted by Crippen LogP contribution is 2.66. The van der Waals surface area contributed by atoms with E-state index in [9.17, 15) is 4.79 Å². The molecule has 0 spiro atoms. The molecule has 0 aliphatic heterocycles. The van der Waals surface area contributed by atoms with Crippen molar-refractivity contribution >= 4 is 5.78 Å². The fourth-order valence-corrected chi connectivity index (χ4v) is 3.83. The Morgan fingerprint density at radius 3 is 2.60 bits per heavy atom. The molecular weight excluding hydrogens is 186 g/mol. The smallest absolute Gasteiger partial charge is 0.142 e. The normalized spacial score (nSPS) is 41.9. The molecule has 2 fully saturated rings. The van der Waals surface area contributed by atoms with Crippen molar-refractivity contribution in [2.75, 3.05) is 0 Å². The molecular formula is C13H19NO. The van der Waals surface area contributed by atoms with Gasteiger partial charge in [-0.1, -0.05) is 20.8 Å². The van der Waals surface area contributed by atoms with Gasteiger partial charge in [-0.2, -0.15) is 5.26 Å². The SMILES string of the molecule is CC1(C)[C@@H]2CC[C@@]1(C)C(=O)[C@H]2CCC#N. The van der Waals surface area contributed by atoms with Crippen LogP contribution >= 0.6 is 0 Å². The zero-order valence-electron chi connectivity index (χ0n) is 9.84. The van der Waals surface area contributed by atoms with Gasteiger partial charge in [-0.05, 0) is 30.6 Å². The number of nitrogens with zero attached hydrogens (tertiary/aromatic N) is 1. The Morgan fingerprint density at radius 1 is 1.47 bits per heavy atom. The quantitative estimate of drug-likeness (QED) is 0.695. The van der Waals surface area contributed by atoms with Gasteiger partial charge in [-0.15, -0.1) is 0 Å². The van der Waals surface area contributed by atoms with Crippen LogP contribution in [0.5, 0.6) is 0 Å². The lowest BCUT2D eigenvalue weighted by atomic mass is 9.70. The molecule has 2 bridgehead atoms. The van der Waals surface area contributed by atoms with Crippen molar-refractivity contribution < 1.29 is 4.79 Å². The van der Waals surface area contributed by atoms with Crippen molar-refractivity contribution in [1.29, 1.82) is 5.26 Å². The van der Waals surface area contributed by atoms with Gasteiger partial charge in [-0.3, -0.25) is 4.79 Å². The van der Waals surface area contributed by atoms with Crippen LogP contribution < -0.4 is 0 Å². The van der Waals surface area contributed by atoms with Crippen LogP contribution in [0.3, 0.4) is 0 Å². The Balaban J connectivity index is 2.27. The van der Waals surface area contributed by atoms with Gasteiger partial charge < -0.3 is 0 Å². The minimum absolute atomic E-state index is 0.113. The summed E-state index contributed by atoms with van der Waals surface area (Å²) < 4.78 is 0. The largest absolute Gasteiger partial charge is 0.299 e. The van der Waals surface area contributed by atoms with Crippen molar-refractivity contribution in [2.45, 2.75) is 46.5 Å². The lowest BCUT2D eigenvalue weighted by Gasteiger charge is -2.32. The van der Waals surface area contributed by atoms with Crippen LogP contribution in [0.4, 0.5) is 0 Å². The molecule has 3 atom stereocenters. The molecule has 0 aromatic carbocycles. The zero-order valence-corrected chi connectivity index (χ0v) is 9.84. The highest BCUT2D eigenvalue weighted by molar-refractivity contribution is 5.91. The number of fused-ring (bicyclic) bond motifs is 2. The average molecular weight is 205 g/mol. The van der Waals surface area contributed by atoms with Gasteiger partial charge in [0.15, 0.2) is 0 Å². The van der Waals surface area contributed by atoms with Crippen LogP contribution in [0.1, 0.15) is 46.5 Å². The first-order valence-electron chi connectivity index (χ1n) is 5.86. The third kappa shape index (κ3) is 1.13. The fourth-order valence-electron chi connectivity index (χ4n) is 3.83. The van der Waals surface area contributed by atoms with Crippen LogP contribution in [-0.2, 0) is 4.79 Å². The summed E-state index contributed by atoms with van der Waals surface area (Å²) in [6, 6.07) is 2.16. The lowest BCUT2D eigenvalue weighted by Crippen LogP contribution is -2.33. The molecule has 2 heteroatoms. The summed E-state index contributed by atoms with van der Waals surface area (Å²) in [6.07, 6.45) is 3.52. The number of hydrogen-bond acceptors (Lipinski definition) is 2. The highest BCUT2D eigenvalue weighted by Gasteiger charge is 2.65. The molecule has 2 saturated carbocycles. The van der Waals surface area contributed by atoms with Gasteiger partial charge in [0, 0.05) is 17.8 Å². The predicted octanol–water partition coefficient (Wildman–Crippen LogP) is 2.93. The summed E-state index contributed by atoms with van der Waals surface area (Å²) in [7, 11) is 0. The Bertz CT molecular complexity index is 339. The van der Waals surface area contributed by atoms with Crippen LogP contribution in [-0.4, -0.2) is 5.78 Å². The zero-order chi connectivity index (χ0) is 11.3. The number of carbonyl (C=O) groups excluding carboxylic acids is 1. The summed E-state index contributed by atoms with van der Waals surface area (Å²) in [5.41, 5.74) is 0.0298. The summed E-state index contributed by atoms with van der Waals surface area (Å²) in [5, 5.41) is 8.62. The first kappa shape index (κ1) is 10.7. The van der Waals surface area contributed by atoms with Crippen LogP contribution in [0.2, 0.25) is 0 Å². The predicted molar refractivity (Wildman–Crippen MR) is 58.0 cm³/mol. The van der Waals surface area contributed by atoms with Gasteiger partial charge in [-0.25, -0.2) is 0 Å². The van der Waals surface area contributed by atoms with E-state index in [1.54, 1.807) is 0 Å². The van der Waals surface area contributed by atoms with E-state index in [1.165, 1.54) is 6.42 Å². The molecule has 2 aliphatic carbocycles. The maximum absolute atomic E-state index is 12.3. The van der Waals surface area contributed by atoms with Crippen molar-refractivity contribution in [3.8, 4) is 6.07 Å². The first-order valence-corrected chi connectivity index (χ1v) is 5.86. The number of rotatable bonds is 2. The Hall–Kier alpha value is -0.840. The van der Waals surface area contributed by atoms with E-state index >= 15 is 0 Å². The number of Topliss-reactive ketones (excluding diaryl/α,β-unsaturated/α-hetero) is 1. The molecule has 15 heavy (non-hydrogen) atoms. The highest BCUT2D eigenvalue weighted by atomic mass is 16.1. The second-order valence-electron chi connectivity index (χ2n) is 5.87. The third-order valence-electron chi connectivity index (χ3n) is 5.24. The molecule has 0 unspecified atom stereocenters. The minimum atomic E-state index is -0.113. The third-order valence-corrected chi connectivity index (χ3v) is 5.24. The number of carbonyl (C=O) groups is 1. The van der Waals surface area contributed by atoms with E-state index in [1.807, 2.05) is 0 Å². The van der Waals surface area contributed by atoms with Gasteiger partial charge in [0.1, 0.15) is 5.78 Å². The number of nitriles is 1. The fraction of sp³-hybridized carbons (Fsp3) is 0.846. The summed E-state index contributed by atoms with van der Waals surface area (Å²) in [5.74, 6) is 1.11. The summed E-state index contributed by atoms with van der Waals surface area (Å²) in [4.78, 5) is 12.3. The Kier molecular flexibility index (Phi) is 2.19. The van der Waals surface area contributed by atoms with Gasteiger partial charge in [0.2, 0.25) is 0 Å². The Morgan fingerprint density at radius 2 is 2.13 bits per heavy atom. The molecule has 0 amide bonds. The van der Waals surface area contributed by atoms with E-state index in [4.69, 9.17) is 5.26 Å². The molecule has 0 N–H and O–H groups in total. The molecule has 0 aromatic rings.